The summed E-state index contributed by atoms with van der Waals surface area (Å²) in [5, 5.41) is 3.17. The maximum absolute atomic E-state index is 11.5. The van der Waals surface area contributed by atoms with Crippen molar-refractivity contribution in [2.24, 2.45) is 0 Å². The van der Waals surface area contributed by atoms with Crippen molar-refractivity contribution in [1.29, 1.82) is 0 Å². The quantitative estimate of drug-likeness (QED) is 0.784. The summed E-state index contributed by atoms with van der Waals surface area (Å²) in [6.45, 7) is 4.06. The number of anilines is 1. The topological polar surface area (TPSA) is 75.2 Å². The lowest BCUT2D eigenvalue weighted by molar-refractivity contribution is 0.553. The van der Waals surface area contributed by atoms with Gasteiger partial charge in [0.05, 0.1) is 11.4 Å². The number of nitrogens with zero attached hydrogens (tertiary/aromatic N) is 3. The van der Waals surface area contributed by atoms with Crippen LogP contribution in [0, 0.1) is 0 Å². The van der Waals surface area contributed by atoms with Crippen LogP contribution in [0.4, 0.5) is 5.95 Å². The van der Waals surface area contributed by atoms with E-state index in [1.54, 1.807) is 13.1 Å². The van der Waals surface area contributed by atoms with Gasteiger partial charge in [-0.05, 0) is 13.0 Å². The lowest BCUT2D eigenvalue weighted by Gasteiger charge is -2.14. The van der Waals surface area contributed by atoms with Gasteiger partial charge in [-0.3, -0.25) is 0 Å². The van der Waals surface area contributed by atoms with Crippen LogP contribution in [0.5, 0.6) is 0 Å². The molecule has 1 atom stereocenters. The first kappa shape index (κ1) is 15.8. The van der Waals surface area contributed by atoms with Gasteiger partial charge in [0.2, 0.25) is 5.95 Å². The molecule has 0 bridgehead atoms. The zero-order valence-corrected chi connectivity index (χ0v) is 12.7. The maximum atomic E-state index is 11.5. The Hall–Kier alpha value is -1.21. The van der Waals surface area contributed by atoms with E-state index >= 15 is 0 Å². The molecule has 0 aromatic carbocycles. The lowest BCUT2D eigenvalue weighted by atomic mass is 10.3. The molecule has 0 fully saturated rings. The van der Waals surface area contributed by atoms with E-state index in [1.807, 2.05) is 32.0 Å². The van der Waals surface area contributed by atoms with Gasteiger partial charge in [-0.15, -0.1) is 0 Å². The Bertz CT molecular complexity index is 502. The molecule has 0 amide bonds. The van der Waals surface area contributed by atoms with Crippen LogP contribution in [0.15, 0.2) is 12.3 Å². The molecule has 0 spiro atoms. The van der Waals surface area contributed by atoms with E-state index in [0.717, 1.165) is 5.69 Å². The minimum Gasteiger partial charge on any atom is -0.347 e. The monoisotopic (exact) mass is 286 g/mol. The third-order valence-corrected chi connectivity index (χ3v) is 4.56. The van der Waals surface area contributed by atoms with Crippen molar-refractivity contribution in [2.45, 2.75) is 26.4 Å². The van der Waals surface area contributed by atoms with Crippen molar-refractivity contribution >= 4 is 15.8 Å². The first-order chi connectivity index (χ1) is 8.84. The highest BCUT2D eigenvalue weighted by Gasteiger charge is 2.13. The second kappa shape index (κ2) is 6.81. The Balaban J connectivity index is 2.55. The third-order valence-electron chi connectivity index (χ3n) is 2.68. The van der Waals surface area contributed by atoms with Crippen molar-refractivity contribution in [3.63, 3.8) is 0 Å². The molecule has 0 aliphatic carbocycles. The van der Waals surface area contributed by atoms with Crippen LogP contribution < -0.4 is 10.2 Å². The molecule has 1 unspecified atom stereocenters. The third kappa shape index (κ3) is 5.52. The van der Waals surface area contributed by atoms with Gasteiger partial charge in [0.15, 0.2) is 9.84 Å². The van der Waals surface area contributed by atoms with Crippen LogP contribution in [0.1, 0.15) is 19.5 Å². The molecule has 1 heterocycles. The van der Waals surface area contributed by atoms with Gasteiger partial charge in [0.1, 0.15) is 0 Å². The predicted octanol–water partition coefficient (Wildman–Crippen LogP) is 0.455. The number of sulfone groups is 1. The molecule has 19 heavy (non-hydrogen) atoms. The van der Waals surface area contributed by atoms with Crippen molar-refractivity contribution in [2.75, 3.05) is 30.5 Å². The first-order valence-electron chi connectivity index (χ1n) is 6.27. The SMILES string of the molecule is CCS(=O)(=O)CC(C)NCc1ccnc(N(C)C)n1. The summed E-state index contributed by atoms with van der Waals surface area (Å²) < 4.78 is 23.0. The molecule has 1 aromatic rings. The van der Waals surface area contributed by atoms with Gasteiger partial charge in [0.25, 0.3) is 0 Å². The Morgan fingerprint density at radius 1 is 1.42 bits per heavy atom. The average Bonchev–Trinajstić information content (AvgIpc) is 2.36. The van der Waals surface area contributed by atoms with E-state index in [2.05, 4.69) is 15.3 Å². The zero-order chi connectivity index (χ0) is 14.5. The summed E-state index contributed by atoms with van der Waals surface area (Å²) in [5.41, 5.74) is 0.847. The molecule has 0 radical (unpaired) electrons. The molecular weight excluding hydrogens is 264 g/mol. The molecule has 6 nitrogen and oxygen atoms in total. The van der Waals surface area contributed by atoms with Gasteiger partial charge in [-0.2, -0.15) is 0 Å². The van der Waals surface area contributed by atoms with Crippen LogP contribution >= 0.6 is 0 Å². The second-order valence-electron chi connectivity index (χ2n) is 4.72. The molecule has 1 aromatic heterocycles. The molecule has 0 saturated carbocycles. The highest BCUT2D eigenvalue weighted by atomic mass is 32.2. The Morgan fingerprint density at radius 2 is 2.11 bits per heavy atom. The van der Waals surface area contributed by atoms with Gasteiger partial charge < -0.3 is 10.2 Å². The number of rotatable bonds is 7. The highest BCUT2D eigenvalue weighted by molar-refractivity contribution is 7.91. The number of hydrogen-bond acceptors (Lipinski definition) is 6. The van der Waals surface area contributed by atoms with Gasteiger partial charge >= 0.3 is 0 Å². The van der Waals surface area contributed by atoms with E-state index in [1.165, 1.54) is 0 Å². The standard InChI is InChI=1S/C12H22N4O2S/c1-5-19(17,18)9-10(2)14-8-11-6-7-13-12(15-11)16(3)4/h6-7,10,14H,5,8-9H2,1-4H3. The maximum Gasteiger partial charge on any atom is 0.225 e. The predicted molar refractivity (Wildman–Crippen MR) is 77.0 cm³/mol. The minimum atomic E-state index is -2.95. The van der Waals surface area contributed by atoms with E-state index in [4.69, 9.17) is 0 Å². The summed E-state index contributed by atoms with van der Waals surface area (Å²) in [6.07, 6.45) is 1.70. The second-order valence-corrected chi connectivity index (χ2v) is 7.12. The van der Waals surface area contributed by atoms with Crippen LogP contribution in [0.2, 0.25) is 0 Å². The van der Waals surface area contributed by atoms with Gasteiger partial charge in [-0.1, -0.05) is 6.92 Å². The fraction of sp³-hybridized carbons (Fsp3) is 0.667. The van der Waals surface area contributed by atoms with Crippen molar-refractivity contribution in [3.05, 3.63) is 18.0 Å². The number of aromatic nitrogens is 2. The zero-order valence-electron chi connectivity index (χ0n) is 11.9. The molecule has 1 rings (SSSR count). The van der Waals surface area contributed by atoms with Crippen molar-refractivity contribution in [3.8, 4) is 0 Å². The molecule has 7 heteroatoms. The van der Waals surface area contributed by atoms with Crippen molar-refractivity contribution < 1.29 is 8.42 Å². The van der Waals surface area contributed by atoms with Gasteiger partial charge in [0, 0.05) is 38.6 Å². The molecule has 0 saturated heterocycles. The summed E-state index contributed by atoms with van der Waals surface area (Å²) in [6, 6.07) is 1.73. The first-order valence-corrected chi connectivity index (χ1v) is 8.09. The lowest BCUT2D eigenvalue weighted by Crippen LogP contribution is -2.33. The number of nitrogens with one attached hydrogen (secondary N) is 1. The summed E-state index contributed by atoms with van der Waals surface area (Å²) in [7, 11) is 0.808. The van der Waals surface area contributed by atoms with Crippen LogP contribution in [-0.2, 0) is 16.4 Å². The molecular formula is C12H22N4O2S. The van der Waals surface area contributed by atoms with Crippen molar-refractivity contribution in [1.82, 2.24) is 15.3 Å². The normalized spacial score (nSPS) is 13.3. The Morgan fingerprint density at radius 3 is 2.68 bits per heavy atom. The molecule has 0 aliphatic rings. The largest absolute Gasteiger partial charge is 0.347 e. The summed E-state index contributed by atoms with van der Waals surface area (Å²) in [5.74, 6) is 0.972. The minimum absolute atomic E-state index is 0.0947. The molecule has 108 valence electrons. The Labute approximate surface area is 115 Å². The van der Waals surface area contributed by atoms with Crippen LogP contribution in [-0.4, -0.2) is 50.0 Å². The van der Waals surface area contributed by atoms with Gasteiger partial charge in [-0.25, -0.2) is 18.4 Å². The summed E-state index contributed by atoms with van der Waals surface area (Å²) >= 11 is 0. The fourth-order valence-corrected chi connectivity index (χ4v) is 2.65. The number of hydrogen-bond donors (Lipinski definition) is 1. The van der Waals surface area contributed by atoms with E-state index < -0.39 is 9.84 Å². The van der Waals surface area contributed by atoms with Crippen LogP contribution in [0.25, 0.3) is 0 Å². The average molecular weight is 286 g/mol. The Kier molecular flexibility index (Phi) is 5.68. The highest BCUT2D eigenvalue weighted by Crippen LogP contribution is 2.04. The van der Waals surface area contributed by atoms with E-state index in [0.29, 0.717) is 12.5 Å². The van der Waals surface area contributed by atoms with E-state index in [9.17, 15) is 8.42 Å². The smallest absolute Gasteiger partial charge is 0.225 e. The van der Waals surface area contributed by atoms with E-state index in [-0.39, 0.29) is 17.5 Å². The molecule has 0 aliphatic heterocycles. The van der Waals surface area contributed by atoms with Crippen LogP contribution in [0.3, 0.4) is 0 Å². The summed E-state index contributed by atoms with van der Waals surface area (Å²) in [4.78, 5) is 10.3. The fourth-order valence-electron chi connectivity index (χ4n) is 1.53. The molecule has 1 N–H and O–H groups in total.